The molecule has 1 heterocycles. The summed E-state index contributed by atoms with van der Waals surface area (Å²) >= 11 is -0.596. The summed E-state index contributed by atoms with van der Waals surface area (Å²) in [5.41, 5.74) is 0. The van der Waals surface area contributed by atoms with E-state index >= 15 is 0 Å². The standard InChI is InChI=1S/C6H10N2O3S2/c9-13(10)7-3-1-4-11-6-2-5-12-8-6/h2,5,7H,1,3-4H2,(H,9,10). The third kappa shape index (κ3) is 4.94. The van der Waals surface area contributed by atoms with E-state index in [2.05, 4.69) is 9.10 Å². The lowest BCUT2D eigenvalue weighted by atomic mass is 10.5. The second-order valence-electron chi connectivity index (χ2n) is 2.18. The molecule has 5 nitrogen and oxygen atoms in total. The first-order chi connectivity index (χ1) is 6.29. The molecule has 2 N–H and O–H groups in total. The van der Waals surface area contributed by atoms with Crippen LogP contribution in [0.5, 0.6) is 5.88 Å². The third-order valence-corrected chi connectivity index (χ3v) is 2.20. The Morgan fingerprint density at radius 3 is 3.23 bits per heavy atom. The van der Waals surface area contributed by atoms with Crippen molar-refractivity contribution in [2.24, 2.45) is 0 Å². The van der Waals surface area contributed by atoms with Crippen LogP contribution in [0.15, 0.2) is 11.4 Å². The SMILES string of the molecule is O=S(O)NCCCOc1ccsn1. The Morgan fingerprint density at radius 1 is 1.77 bits per heavy atom. The van der Waals surface area contributed by atoms with Gasteiger partial charge in [0.1, 0.15) is 0 Å². The van der Waals surface area contributed by atoms with E-state index in [9.17, 15) is 4.21 Å². The number of rotatable bonds is 6. The molecule has 0 spiro atoms. The highest BCUT2D eigenvalue weighted by Gasteiger charge is 1.95. The van der Waals surface area contributed by atoms with Gasteiger partial charge < -0.3 is 4.74 Å². The fraction of sp³-hybridized carbons (Fsp3) is 0.500. The second kappa shape index (κ2) is 6.03. The molecule has 0 fully saturated rings. The minimum Gasteiger partial charge on any atom is -0.477 e. The molecule has 0 aliphatic rings. The average Bonchev–Trinajstić information content (AvgIpc) is 2.55. The van der Waals surface area contributed by atoms with Crippen LogP contribution in [0.1, 0.15) is 6.42 Å². The molecular weight excluding hydrogens is 212 g/mol. The summed E-state index contributed by atoms with van der Waals surface area (Å²) in [6.07, 6.45) is 0.670. The lowest BCUT2D eigenvalue weighted by molar-refractivity contribution is 0.303. The maximum absolute atomic E-state index is 10.1. The predicted molar refractivity (Wildman–Crippen MR) is 51.0 cm³/mol. The number of hydrogen-bond acceptors (Lipinski definition) is 4. The van der Waals surface area contributed by atoms with Crippen LogP contribution in [0.25, 0.3) is 0 Å². The van der Waals surface area contributed by atoms with Crippen LogP contribution in [0.3, 0.4) is 0 Å². The zero-order chi connectivity index (χ0) is 9.52. The molecule has 1 aromatic rings. The molecule has 13 heavy (non-hydrogen) atoms. The van der Waals surface area contributed by atoms with Gasteiger partial charge in [0.2, 0.25) is 17.1 Å². The molecule has 0 amide bonds. The second-order valence-corrected chi connectivity index (χ2v) is 3.64. The van der Waals surface area contributed by atoms with Crippen molar-refractivity contribution in [2.45, 2.75) is 6.42 Å². The highest BCUT2D eigenvalue weighted by molar-refractivity contribution is 7.77. The summed E-state index contributed by atoms with van der Waals surface area (Å²) in [5.74, 6) is 0.607. The summed E-state index contributed by atoms with van der Waals surface area (Å²) in [4.78, 5) is 0. The fourth-order valence-corrected chi connectivity index (χ4v) is 1.46. The van der Waals surface area contributed by atoms with Gasteiger partial charge in [-0.15, -0.1) is 0 Å². The van der Waals surface area contributed by atoms with Crippen molar-refractivity contribution in [1.82, 2.24) is 9.10 Å². The Morgan fingerprint density at radius 2 is 2.62 bits per heavy atom. The van der Waals surface area contributed by atoms with E-state index in [0.717, 1.165) is 0 Å². The Bertz CT molecular complexity index is 252. The van der Waals surface area contributed by atoms with Crippen LogP contribution < -0.4 is 9.46 Å². The molecule has 1 rings (SSSR count). The predicted octanol–water partition coefficient (Wildman–Crippen LogP) is 0.638. The van der Waals surface area contributed by atoms with Crippen LogP contribution in [0.2, 0.25) is 0 Å². The first-order valence-corrected chi connectivity index (χ1v) is 5.61. The van der Waals surface area contributed by atoms with E-state index in [1.54, 1.807) is 6.07 Å². The van der Waals surface area contributed by atoms with E-state index < -0.39 is 11.3 Å². The summed E-state index contributed by atoms with van der Waals surface area (Å²) in [6, 6.07) is 1.78. The molecule has 0 aromatic carbocycles. The van der Waals surface area contributed by atoms with E-state index in [-0.39, 0.29) is 0 Å². The van der Waals surface area contributed by atoms with Gasteiger partial charge in [0.15, 0.2) is 0 Å². The first kappa shape index (κ1) is 10.6. The lowest BCUT2D eigenvalue weighted by Gasteiger charge is -2.01. The Hall–Kier alpha value is -0.500. The van der Waals surface area contributed by atoms with Crippen molar-refractivity contribution in [2.75, 3.05) is 13.2 Å². The third-order valence-electron chi connectivity index (χ3n) is 1.21. The zero-order valence-corrected chi connectivity index (χ0v) is 8.44. The van der Waals surface area contributed by atoms with Crippen molar-refractivity contribution >= 4 is 22.8 Å². The highest BCUT2D eigenvalue weighted by Crippen LogP contribution is 2.08. The van der Waals surface area contributed by atoms with Crippen molar-refractivity contribution in [3.8, 4) is 5.88 Å². The van der Waals surface area contributed by atoms with E-state index in [1.807, 2.05) is 5.38 Å². The van der Waals surface area contributed by atoms with Crippen LogP contribution in [0, 0.1) is 0 Å². The molecule has 1 aromatic heterocycles. The van der Waals surface area contributed by atoms with Gasteiger partial charge in [0, 0.05) is 18.0 Å². The van der Waals surface area contributed by atoms with Gasteiger partial charge in [-0.2, -0.15) is 4.37 Å². The Kier molecular flexibility index (Phi) is 4.91. The van der Waals surface area contributed by atoms with Crippen molar-refractivity contribution in [3.63, 3.8) is 0 Å². The molecule has 0 radical (unpaired) electrons. The fourth-order valence-electron chi connectivity index (χ4n) is 0.684. The van der Waals surface area contributed by atoms with Gasteiger partial charge in [0.05, 0.1) is 6.61 Å². The molecule has 1 atom stereocenters. The van der Waals surface area contributed by atoms with Crippen LogP contribution in [-0.2, 0) is 11.3 Å². The number of nitrogens with one attached hydrogen (secondary N) is 1. The molecule has 1 unspecified atom stereocenters. The van der Waals surface area contributed by atoms with Gasteiger partial charge >= 0.3 is 0 Å². The molecule has 74 valence electrons. The maximum Gasteiger partial charge on any atom is 0.231 e. The highest BCUT2D eigenvalue weighted by atomic mass is 32.2. The molecule has 7 heteroatoms. The lowest BCUT2D eigenvalue weighted by Crippen LogP contribution is -2.19. The largest absolute Gasteiger partial charge is 0.477 e. The van der Waals surface area contributed by atoms with Gasteiger partial charge in [0.25, 0.3) is 0 Å². The summed E-state index contributed by atoms with van der Waals surface area (Å²) in [5, 5.41) is 1.83. The number of hydrogen-bond donors (Lipinski definition) is 2. The monoisotopic (exact) mass is 222 g/mol. The smallest absolute Gasteiger partial charge is 0.231 e. The zero-order valence-electron chi connectivity index (χ0n) is 6.80. The summed E-state index contributed by atoms with van der Waals surface area (Å²) < 4.78 is 30.0. The quantitative estimate of drug-likeness (QED) is 0.547. The van der Waals surface area contributed by atoms with Crippen molar-refractivity contribution in [3.05, 3.63) is 11.4 Å². The minimum absolute atomic E-state index is 0.452. The van der Waals surface area contributed by atoms with Gasteiger partial charge in [-0.05, 0) is 18.0 Å². The number of nitrogens with zero attached hydrogens (tertiary/aromatic N) is 1. The Balaban J connectivity index is 1.99. The van der Waals surface area contributed by atoms with Crippen LogP contribution >= 0.6 is 11.5 Å². The molecule has 0 aliphatic heterocycles. The van der Waals surface area contributed by atoms with Crippen LogP contribution in [-0.4, -0.2) is 26.3 Å². The normalized spacial score (nSPS) is 12.7. The maximum atomic E-state index is 10.1. The summed E-state index contributed by atoms with van der Waals surface area (Å²) in [7, 11) is 0. The van der Waals surface area contributed by atoms with E-state index in [1.165, 1.54) is 11.5 Å². The Labute approximate surface area is 82.7 Å². The molecule has 0 saturated heterocycles. The van der Waals surface area contributed by atoms with Crippen molar-refractivity contribution < 1.29 is 13.5 Å². The minimum atomic E-state index is -1.92. The van der Waals surface area contributed by atoms with E-state index in [4.69, 9.17) is 9.29 Å². The number of aromatic nitrogens is 1. The van der Waals surface area contributed by atoms with Gasteiger partial charge in [-0.1, -0.05) is 0 Å². The topological polar surface area (TPSA) is 71.5 Å². The molecule has 0 saturated carbocycles. The van der Waals surface area contributed by atoms with E-state index in [0.29, 0.717) is 25.5 Å². The average molecular weight is 222 g/mol. The van der Waals surface area contributed by atoms with Crippen LogP contribution in [0.4, 0.5) is 0 Å². The summed E-state index contributed by atoms with van der Waals surface area (Å²) in [6.45, 7) is 0.946. The molecular formula is C6H10N2O3S2. The number of ether oxygens (including phenoxy) is 1. The molecule has 0 bridgehead atoms. The van der Waals surface area contributed by atoms with Crippen molar-refractivity contribution in [1.29, 1.82) is 0 Å². The first-order valence-electron chi connectivity index (χ1n) is 3.66. The van der Waals surface area contributed by atoms with Gasteiger partial charge in [-0.25, -0.2) is 8.93 Å². The van der Waals surface area contributed by atoms with Gasteiger partial charge in [-0.3, -0.25) is 4.55 Å². The molecule has 0 aliphatic carbocycles.